The highest BCUT2D eigenvalue weighted by Gasteiger charge is 2.35. The maximum absolute atomic E-state index is 12.1. The molecule has 1 N–H and O–H groups in total. The highest BCUT2D eigenvalue weighted by molar-refractivity contribution is 5.75. The lowest BCUT2D eigenvalue weighted by Gasteiger charge is -2.42. The number of ether oxygens (including phenoxy) is 2. The highest BCUT2D eigenvalue weighted by Crippen LogP contribution is 2.19. The van der Waals surface area contributed by atoms with Gasteiger partial charge in [0.15, 0.2) is 0 Å². The molecule has 2 aliphatic rings. The van der Waals surface area contributed by atoms with Crippen LogP contribution >= 0.6 is 0 Å². The van der Waals surface area contributed by atoms with Crippen LogP contribution in [0.1, 0.15) is 20.3 Å². The second-order valence-electron chi connectivity index (χ2n) is 5.03. The van der Waals surface area contributed by atoms with Crippen LogP contribution in [-0.2, 0) is 9.47 Å². The van der Waals surface area contributed by atoms with Crippen molar-refractivity contribution in [1.29, 1.82) is 0 Å². The average molecular weight is 228 g/mol. The molecule has 5 heteroatoms. The number of urea groups is 1. The topological polar surface area (TPSA) is 50.8 Å². The number of nitrogens with zero attached hydrogens (tertiary/aromatic N) is 1. The van der Waals surface area contributed by atoms with Crippen molar-refractivity contribution in [3.63, 3.8) is 0 Å². The Morgan fingerprint density at radius 3 is 2.81 bits per heavy atom. The summed E-state index contributed by atoms with van der Waals surface area (Å²) in [6, 6.07) is 0.176. The summed E-state index contributed by atoms with van der Waals surface area (Å²) in [6.45, 7) is 7.31. The molecule has 0 radical (unpaired) electrons. The Kier molecular flexibility index (Phi) is 3.35. The zero-order valence-corrected chi connectivity index (χ0v) is 9.99. The number of carbonyl (C=O) groups excluding carboxylic acids is 1. The van der Waals surface area contributed by atoms with Crippen LogP contribution in [0.5, 0.6) is 0 Å². The van der Waals surface area contributed by atoms with Gasteiger partial charge in [0.05, 0.1) is 31.4 Å². The number of amides is 2. The molecule has 2 aliphatic heterocycles. The van der Waals surface area contributed by atoms with E-state index in [0.717, 1.165) is 13.0 Å². The zero-order chi connectivity index (χ0) is 11.6. The van der Waals surface area contributed by atoms with Crippen molar-refractivity contribution in [3.05, 3.63) is 0 Å². The Bertz CT molecular complexity index is 262. The van der Waals surface area contributed by atoms with Gasteiger partial charge in [-0.15, -0.1) is 0 Å². The summed E-state index contributed by atoms with van der Waals surface area (Å²) in [5, 5.41) is 3.01. The molecule has 0 aromatic rings. The van der Waals surface area contributed by atoms with E-state index in [0.29, 0.717) is 26.4 Å². The van der Waals surface area contributed by atoms with Gasteiger partial charge in [0, 0.05) is 13.2 Å². The first-order valence-electron chi connectivity index (χ1n) is 5.83. The molecule has 0 aromatic carbocycles. The monoisotopic (exact) mass is 228 g/mol. The minimum atomic E-state index is -0.220. The van der Waals surface area contributed by atoms with Gasteiger partial charge in [0.2, 0.25) is 0 Å². The van der Waals surface area contributed by atoms with E-state index in [2.05, 4.69) is 5.32 Å². The quantitative estimate of drug-likeness (QED) is 0.715. The number of hydrogen-bond donors (Lipinski definition) is 1. The summed E-state index contributed by atoms with van der Waals surface area (Å²) < 4.78 is 10.6. The van der Waals surface area contributed by atoms with Crippen molar-refractivity contribution < 1.29 is 14.3 Å². The molecular weight excluding hydrogens is 208 g/mol. The molecule has 2 saturated heterocycles. The second-order valence-corrected chi connectivity index (χ2v) is 5.03. The number of nitrogens with one attached hydrogen (secondary N) is 1. The SMILES string of the molecule is CC1(C)COCCN1C(=O)NC1CCOC1. The lowest BCUT2D eigenvalue weighted by molar-refractivity contribution is -0.0283. The molecule has 0 saturated carbocycles. The molecule has 0 aliphatic carbocycles. The maximum atomic E-state index is 12.1. The summed E-state index contributed by atoms with van der Waals surface area (Å²) in [4.78, 5) is 13.9. The van der Waals surface area contributed by atoms with E-state index in [-0.39, 0.29) is 17.6 Å². The third-order valence-electron chi connectivity index (χ3n) is 3.15. The largest absolute Gasteiger partial charge is 0.379 e. The van der Waals surface area contributed by atoms with Crippen LogP contribution in [0.25, 0.3) is 0 Å². The van der Waals surface area contributed by atoms with Crippen molar-refractivity contribution >= 4 is 6.03 Å². The van der Waals surface area contributed by atoms with E-state index < -0.39 is 0 Å². The molecule has 2 rings (SSSR count). The Balaban J connectivity index is 1.91. The van der Waals surface area contributed by atoms with Gasteiger partial charge in [-0.2, -0.15) is 0 Å². The Hall–Kier alpha value is -0.810. The number of morpholine rings is 1. The standard InChI is InChI=1S/C11H20N2O3/c1-11(2)8-16-6-4-13(11)10(14)12-9-3-5-15-7-9/h9H,3-8H2,1-2H3,(H,12,14). The van der Waals surface area contributed by atoms with Crippen molar-refractivity contribution in [2.24, 2.45) is 0 Å². The summed E-state index contributed by atoms with van der Waals surface area (Å²) in [7, 11) is 0. The van der Waals surface area contributed by atoms with E-state index in [1.807, 2.05) is 18.7 Å². The first-order valence-corrected chi connectivity index (χ1v) is 5.83. The molecule has 2 fully saturated rings. The molecule has 92 valence electrons. The normalized spacial score (nSPS) is 29.1. The fourth-order valence-corrected chi connectivity index (χ4v) is 2.14. The van der Waals surface area contributed by atoms with Crippen molar-refractivity contribution in [2.45, 2.75) is 31.8 Å². The van der Waals surface area contributed by atoms with E-state index in [1.165, 1.54) is 0 Å². The van der Waals surface area contributed by atoms with Crippen LogP contribution in [0.3, 0.4) is 0 Å². The van der Waals surface area contributed by atoms with Crippen LogP contribution in [-0.4, -0.2) is 55.5 Å². The highest BCUT2D eigenvalue weighted by atomic mass is 16.5. The molecule has 1 atom stereocenters. The third kappa shape index (κ3) is 2.47. The number of rotatable bonds is 1. The molecule has 16 heavy (non-hydrogen) atoms. The van der Waals surface area contributed by atoms with Gasteiger partial charge in [-0.3, -0.25) is 0 Å². The Labute approximate surface area is 96.1 Å². The molecule has 5 nitrogen and oxygen atoms in total. The maximum Gasteiger partial charge on any atom is 0.318 e. The molecule has 2 heterocycles. The van der Waals surface area contributed by atoms with Crippen molar-refractivity contribution in [2.75, 3.05) is 33.0 Å². The first kappa shape index (κ1) is 11.7. The summed E-state index contributed by atoms with van der Waals surface area (Å²) >= 11 is 0. The summed E-state index contributed by atoms with van der Waals surface area (Å²) in [5.74, 6) is 0. The van der Waals surface area contributed by atoms with Gasteiger partial charge in [0.1, 0.15) is 0 Å². The van der Waals surface area contributed by atoms with E-state index in [4.69, 9.17) is 9.47 Å². The van der Waals surface area contributed by atoms with Crippen LogP contribution in [0, 0.1) is 0 Å². The van der Waals surface area contributed by atoms with Crippen LogP contribution < -0.4 is 5.32 Å². The molecule has 0 bridgehead atoms. The smallest absolute Gasteiger partial charge is 0.318 e. The zero-order valence-electron chi connectivity index (χ0n) is 9.99. The number of carbonyl (C=O) groups is 1. The Morgan fingerprint density at radius 2 is 2.19 bits per heavy atom. The van der Waals surface area contributed by atoms with Gasteiger partial charge in [0.25, 0.3) is 0 Å². The fraction of sp³-hybridized carbons (Fsp3) is 0.909. The minimum absolute atomic E-state index is 0.00352. The molecular formula is C11H20N2O3. The van der Waals surface area contributed by atoms with Gasteiger partial charge in [-0.25, -0.2) is 4.79 Å². The van der Waals surface area contributed by atoms with E-state index in [1.54, 1.807) is 0 Å². The predicted molar refractivity (Wildman–Crippen MR) is 59.4 cm³/mol. The average Bonchev–Trinajstić information content (AvgIpc) is 2.69. The summed E-state index contributed by atoms with van der Waals surface area (Å²) in [6.07, 6.45) is 0.913. The molecule has 0 aromatic heterocycles. The van der Waals surface area contributed by atoms with Gasteiger partial charge >= 0.3 is 6.03 Å². The second kappa shape index (κ2) is 4.59. The molecule has 2 amide bonds. The van der Waals surface area contributed by atoms with E-state index in [9.17, 15) is 4.79 Å². The van der Waals surface area contributed by atoms with Crippen molar-refractivity contribution in [3.8, 4) is 0 Å². The predicted octanol–water partition coefficient (Wildman–Crippen LogP) is 0.596. The van der Waals surface area contributed by atoms with Crippen LogP contribution in [0.4, 0.5) is 4.79 Å². The molecule has 0 spiro atoms. The van der Waals surface area contributed by atoms with Crippen molar-refractivity contribution in [1.82, 2.24) is 10.2 Å². The fourth-order valence-electron chi connectivity index (χ4n) is 2.14. The molecule has 1 unspecified atom stereocenters. The Morgan fingerprint density at radius 1 is 1.38 bits per heavy atom. The van der Waals surface area contributed by atoms with Gasteiger partial charge in [-0.05, 0) is 20.3 Å². The lowest BCUT2D eigenvalue weighted by Crippen LogP contribution is -2.59. The van der Waals surface area contributed by atoms with Crippen LogP contribution in [0.2, 0.25) is 0 Å². The van der Waals surface area contributed by atoms with E-state index >= 15 is 0 Å². The van der Waals surface area contributed by atoms with Crippen LogP contribution in [0.15, 0.2) is 0 Å². The lowest BCUT2D eigenvalue weighted by atomic mass is 10.0. The minimum Gasteiger partial charge on any atom is -0.379 e. The van der Waals surface area contributed by atoms with Gasteiger partial charge in [-0.1, -0.05) is 0 Å². The number of hydrogen-bond acceptors (Lipinski definition) is 3. The first-order chi connectivity index (χ1) is 7.59. The summed E-state index contributed by atoms with van der Waals surface area (Å²) in [5.41, 5.74) is -0.220. The van der Waals surface area contributed by atoms with Gasteiger partial charge < -0.3 is 19.7 Å². The third-order valence-corrected chi connectivity index (χ3v) is 3.15.